The molecular weight excluding hydrogens is 216 g/mol. The van der Waals surface area contributed by atoms with E-state index < -0.39 is 0 Å². The van der Waals surface area contributed by atoms with Crippen molar-refractivity contribution < 1.29 is 15.3 Å². The molecule has 17 heavy (non-hydrogen) atoms. The van der Waals surface area contributed by atoms with Gasteiger partial charge < -0.3 is 15.3 Å². The van der Waals surface area contributed by atoms with Crippen molar-refractivity contribution >= 4 is 0 Å². The zero-order valence-corrected chi connectivity index (χ0v) is 11.3. The lowest BCUT2D eigenvalue weighted by Crippen LogP contribution is -2.08. The number of aliphatic hydroxyl groups excluding tert-OH is 3. The van der Waals surface area contributed by atoms with Gasteiger partial charge in [-0.25, -0.2) is 0 Å². The first-order valence-electron chi connectivity index (χ1n) is 7.17. The van der Waals surface area contributed by atoms with Crippen molar-refractivity contribution in [3.05, 3.63) is 0 Å². The minimum atomic E-state index is -0.320. The van der Waals surface area contributed by atoms with Crippen molar-refractivity contribution in [2.75, 3.05) is 6.61 Å². The molecule has 3 heteroatoms. The molecular formula is C14H30O3. The summed E-state index contributed by atoms with van der Waals surface area (Å²) < 4.78 is 0. The Bertz CT molecular complexity index is 150. The highest BCUT2D eigenvalue weighted by atomic mass is 16.3. The number of rotatable bonds is 12. The number of unbranched alkanes of at least 4 members (excludes halogenated alkanes) is 5. The van der Waals surface area contributed by atoms with Crippen molar-refractivity contribution in [3.63, 3.8) is 0 Å². The molecule has 0 fully saturated rings. The first-order valence-corrected chi connectivity index (χ1v) is 7.17. The Hall–Kier alpha value is -0.120. The van der Waals surface area contributed by atoms with E-state index in [1.54, 1.807) is 0 Å². The molecule has 0 aromatic rings. The van der Waals surface area contributed by atoms with E-state index in [4.69, 9.17) is 5.11 Å². The van der Waals surface area contributed by atoms with Crippen LogP contribution in [0.1, 0.15) is 71.1 Å². The average Bonchev–Trinajstić information content (AvgIpc) is 2.32. The van der Waals surface area contributed by atoms with Gasteiger partial charge in [0.15, 0.2) is 0 Å². The van der Waals surface area contributed by atoms with Gasteiger partial charge in [0.2, 0.25) is 0 Å². The van der Waals surface area contributed by atoms with Crippen LogP contribution < -0.4 is 0 Å². The second-order valence-electron chi connectivity index (χ2n) is 4.93. The monoisotopic (exact) mass is 246 g/mol. The van der Waals surface area contributed by atoms with Gasteiger partial charge in [0.1, 0.15) is 0 Å². The fraction of sp³-hybridized carbons (Fsp3) is 1.00. The Morgan fingerprint density at radius 2 is 1.18 bits per heavy atom. The molecule has 0 aliphatic rings. The molecule has 0 bridgehead atoms. The van der Waals surface area contributed by atoms with Gasteiger partial charge in [-0.3, -0.25) is 0 Å². The smallest absolute Gasteiger partial charge is 0.0562 e. The topological polar surface area (TPSA) is 60.7 Å². The van der Waals surface area contributed by atoms with Crippen LogP contribution in [-0.4, -0.2) is 34.1 Å². The molecule has 2 unspecified atom stereocenters. The van der Waals surface area contributed by atoms with E-state index in [-0.39, 0.29) is 18.8 Å². The Morgan fingerprint density at radius 3 is 1.65 bits per heavy atom. The summed E-state index contributed by atoms with van der Waals surface area (Å²) in [6, 6.07) is 0. The molecule has 0 rings (SSSR count). The minimum Gasteiger partial charge on any atom is -0.396 e. The summed E-state index contributed by atoms with van der Waals surface area (Å²) >= 11 is 0. The van der Waals surface area contributed by atoms with Crippen LogP contribution in [0, 0.1) is 0 Å². The predicted molar refractivity (Wildman–Crippen MR) is 70.9 cm³/mol. The molecule has 0 spiro atoms. The first kappa shape index (κ1) is 16.9. The van der Waals surface area contributed by atoms with Crippen LogP contribution in [0.3, 0.4) is 0 Å². The van der Waals surface area contributed by atoms with Gasteiger partial charge >= 0.3 is 0 Å². The van der Waals surface area contributed by atoms with E-state index in [2.05, 4.69) is 0 Å². The van der Waals surface area contributed by atoms with Crippen molar-refractivity contribution in [1.82, 2.24) is 0 Å². The third kappa shape index (κ3) is 12.1. The van der Waals surface area contributed by atoms with Crippen LogP contribution in [0.4, 0.5) is 0 Å². The zero-order valence-electron chi connectivity index (χ0n) is 11.3. The molecule has 0 aromatic heterocycles. The Balaban J connectivity index is 3.08. The van der Waals surface area contributed by atoms with Gasteiger partial charge in [0.25, 0.3) is 0 Å². The third-order valence-corrected chi connectivity index (χ3v) is 3.26. The highest BCUT2D eigenvalue weighted by Crippen LogP contribution is 2.12. The largest absolute Gasteiger partial charge is 0.396 e. The van der Waals surface area contributed by atoms with Crippen LogP contribution in [0.2, 0.25) is 0 Å². The summed E-state index contributed by atoms with van der Waals surface area (Å²) in [7, 11) is 0. The molecule has 0 radical (unpaired) electrons. The van der Waals surface area contributed by atoms with Crippen LogP contribution in [0.25, 0.3) is 0 Å². The Morgan fingerprint density at radius 1 is 0.706 bits per heavy atom. The van der Waals surface area contributed by atoms with Crippen LogP contribution >= 0.6 is 0 Å². The molecule has 104 valence electrons. The van der Waals surface area contributed by atoms with Gasteiger partial charge in [0.05, 0.1) is 12.2 Å². The van der Waals surface area contributed by atoms with Crippen LogP contribution in [-0.2, 0) is 0 Å². The molecule has 0 aliphatic heterocycles. The molecule has 0 heterocycles. The standard InChI is InChI=1S/C14H30O3/c1-2-13(16)9-7-5-3-4-6-8-10-14(17)11-12-15/h13-17H,2-12H2,1H3. The maximum absolute atomic E-state index is 9.39. The maximum atomic E-state index is 9.39. The van der Waals surface area contributed by atoms with Gasteiger partial charge in [-0.2, -0.15) is 0 Å². The Labute approximate surface area is 106 Å². The van der Waals surface area contributed by atoms with E-state index in [0.717, 1.165) is 32.1 Å². The quantitative estimate of drug-likeness (QED) is 0.464. The highest BCUT2D eigenvalue weighted by molar-refractivity contribution is 4.56. The molecule has 0 aromatic carbocycles. The van der Waals surface area contributed by atoms with Gasteiger partial charge in [-0.15, -0.1) is 0 Å². The van der Waals surface area contributed by atoms with Gasteiger partial charge in [-0.1, -0.05) is 45.4 Å². The van der Waals surface area contributed by atoms with Crippen molar-refractivity contribution in [3.8, 4) is 0 Å². The predicted octanol–water partition coefficient (Wildman–Crippen LogP) is 2.62. The van der Waals surface area contributed by atoms with E-state index in [1.165, 1.54) is 25.7 Å². The summed E-state index contributed by atoms with van der Waals surface area (Å²) in [5, 5.41) is 27.4. The minimum absolute atomic E-state index is 0.0842. The maximum Gasteiger partial charge on any atom is 0.0562 e. The van der Waals surface area contributed by atoms with Crippen LogP contribution in [0.15, 0.2) is 0 Å². The average molecular weight is 246 g/mol. The normalized spacial score (nSPS) is 14.8. The second-order valence-corrected chi connectivity index (χ2v) is 4.93. The van der Waals surface area contributed by atoms with E-state index >= 15 is 0 Å². The van der Waals surface area contributed by atoms with E-state index in [0.29, 0.717) is 6.42 Å². The van der Waals surface area contributed by atoms with E-state index in [1.807, 2.05) is 6.92 Å². The van der Waals surface area contributed by atoms with Crippen molar-refractivity contribution in [2.24, 2.45) is 0 Å². The second kappa shape index (κ2) is 12.3. The van der Waals surface area contributed by atoms with Crippen LogP contribution in [0.5, 0.6) is 0 Å². The van der Waals surface area contributed by atoms with Gasteiger partial charge in [0, 0.05) is 6.61 Å². The lowest BCUT2D eigenvalue weighted by Gasteiger charge is -2.08. The number of hydrogen-bond acceptors (Lipinski definition) is 3. The fourth-order valence-electron chi connectivity index (χ4n) is 1.96. The summed E-state index contributed by atoms with van der Waals surface area (Å²) in [6.45, 7) is 2.10. The lowest BCUT2D eigenvalue weighted by molar-refractivity contribution is 0.122. The molecule has 3 nitrogen and oxygen atoms in total. The van der Waals surface area contributed by atoms with E-state index in [9.17, 15) is 10.2 Å². The molecule has 0 amide bonds. The fourth-order valence-corrected chi connectivity index (χ4v) is 1.96. The molecule has 2 atom stereocenters. The van der Waals surface area contributed by atoms with Gasteiger partial charge in [-0.05, 0) is 25.7 Å². The molecule has 0 saturated heterocycles. The third-order valence-electron chi connectivity index (χ3n) is 3.26. The first-order chi connectivity index (χ1) is 8.20. The Kier molecular flexibility index (Phi) is 12.3. The molecule has 0 aliphatic carbocycles. The lowest BCUT2D eigenvalue weighted by atomic mass is 10.0. The SMILES string of the molecule is CCC(O)CCCCCCCCC(O)CCO. The molecule has 3 N–H and O–H groups in total. The number of aliphatic hydroxyl groups is 3. The number of hydrogen-bond donors (Lipinski definition) is 3. The summed E-state index contributed by atoms with van der Waals surface area (Å²) in [6.07, 6.45) is 9.69. The summed E-state index contributed by atoms with van der Waals surface area (Å²) in [4.78, 5) is 0. The summed E-state index contributed by atoms with van der Waals surface area (Å²) in [5.41, 5.74) is 0. The van der Waals surface area contributed by atoms with Crippen molar-refractivity contribution in [1.29, 1.82) is 0 Å². The zero-order chi connectivity index (χ0) is 12.9. The molecule has 0 saturated carbocycles. The van der Waals surface area contributed by atoms with Crippen molar-refractivity contribution in [2.45, 2.75) is 83.3 Å². The highest BCUT2D eigenvalue weighted by Gasteiger charge is 2.02. The summed E-state index contributed by atoms with van der Waals surface area (Å²) in [5.74, 6) is 0.